The van der Waals surface area contributed by atoms with Crippen molar-refractivity contribution in [3.8, 4) is 28.5 Å². The first kappa shape index (κ1) is 21.5. The van der Waals surface area contributed by atoms with Gasteiger partial charge in [0.05, 0.1) is 38.3 Å². The normalized spacial score (nSPS) is 10.7. The SMILES string of the molecule is COc1ccc(-c2cc3c(SCC(=O)Nc4cc(OC)cc(OC)c4)nccn3n2)cc1. The van der Waals surface area contributed by atoms with Crippen molar-refractivity contribution in [2.75, 3.05) is 32.4 Å². The van der Waals surface area contributed by atoms with Gasteiger partial charge in [-0.1, -0.05) is 11.8 Å². The van der Waals surface area contributed by atoms with Crippen molar-refractivity contribution in [3.63, 3.8) is 0 Å². The highest BCUT2D eigenvalue weighted by molar-refractivity contribution is 8.00. The minimum Gasteiger partial charge on any atom is -0.497 e. The van der Waals surface area contributed by atoms with E-state index >= 15 is 0 Å². The van der Waals surface area contributed by atoms with E-state index in [0.717, 1.165) is 27.5 Å². The summed E-state index contributed by atoms with van der Waals surface area (Å²) >= 11 is 1.35. The van der Waals surface area contributed by atoms with Crippen molar-refractivity contribution >= 4 is 28.9 Å². The predicted molar refractivity (Wildman–Crippen MR) is 124 cm³/mol. The molecular formula is C23H22N4O4S. The quantitative estimate of drug-likeness (QED) is 0.404. The number of fused-ring (bicyclic) bond motifs is 1. The van der Waals surface area contributed by atoms with Crippen molar-refractivity contribution in [2.24, 2.45) is 0 Å². The maximum Gasteiger partial charge on any atom is 0.234 e. The number of thioether (sulfide) groups is 1. The van der Waals surface area contributed by atoms with Crippen LogP contribution < -0.4 is 19.5 Å². The molecule has 0 radical (unpaired) electrons. The first-order chi connectivity index (χ1) is 15.6. The molecule has 8 nitrogen and oxygen atoms in total. The zero-order valence-corrected chi connectivity index (χ0v) is 18.7. The summed E-state index contributed by atoms with van der Waals surface area (Å²) in [7, 11) is 4.76. The minimum atomic E-state index is -0.163. The third kappa shape index (κ3) is 4.78. The van der Waals surface area contributed by atoms with Crippen LogP contribution in [0.3, 0.4) is 0 Å². The Morgan fingerprint density at radius 2 is 1.66 bits per heavy atom. The third-order valence-corrected chi connectivity index (χ3v) is 5.71. The Hall–Kier alpha value is -3.72. The molecule has 0 fully saturated rings. The molecule has 0 saturated carbocycles. The summed E-state index contributed by atoms with van der Waals surface area (Å²) in [4.78, 5) is 17.0. The zero-order valence-electron chi connectivity index (χ0n) is 17.9. The molecular weight excluding hydrogens is 428 g/mol. The summed E-state index contributed by atoms with van der Waals surface area (Å²) in [5, 5.41) is 8.22. The lowest BCUT2D eigenvalue weighted by Gasteiger charge is -2.10. The Morgan fingerprint density at radius 1 is 0.969 bits per heavy atom. The number of rotatable bonds is 8. The first-order valence-corrected chi connectivity index (χ1v) is 10.7. The molecule has 2 heterocycles. The molecule has 0 aliphatic heterocycles. The van der Waals surface area contributed by atoms with Crippen LogP contribution in [0.15, 0.2) is 66.0 Å². The number of nitrogens with one attached hydrogen (secondary N) is 1. The summed E-state index contributed by atoms with van der Waals surface area (Å²) in [6.45, 7) is 0. The van der Waals surface area contributed by atoms with E-state index in [4.69, 9.17) is 14.2 Å². The van der Waals surface area contributed by atoms with Gasteiger partial charge >= 0.3 is 0 Å². The number of amides is 1. The number of hydrogen-bond acceptors (Lipinski definition) is 7. The van der Waals surface area contributed by atoms with Gasteiger partial charge in [0.2, 0.25) is 5.91 Å². The lowest BCUT2D eigenvalue weighted by Crippen LogP contribution is -2.14. The topological polar surface area (TPSA) is 87.0 Å². The van der Waals surface area contributed by atoms with Crippen molar-refractivity contribution in [2.45, 2.75) is 5.03 Å². The first-order valence-electron chi connectivity index (χ1n) is 9.74. The van der Waals surface area contributed by atoms with Crippen LogP contribution in [0.5, 0.6) is 17.2 Å². The zero-order chi connectivity index (χ0) is 22.5. The third-order valence-electron chi connectivity index (χ3n) is 4.72. The largest absolute Gasteiger partial charge is 0.497 e. The molecule has 164 valence electrons. The molecule has 4 rings (SSSR count). The van der Waals surface area contributed by atoms with Crippen LogP contribution in [0.4, 0.5) is 5.69 Å². The Labute approximate surface area is 189 Å². The number of carbonyl (C=O) groups excluding carboxylic acids is 1. The van der Waals surface area contributed by atoms with Gasteiger partial charge < -0.3 is 19.5 Å². The average Bonchev–Trinajstić information content (AvgIpc) is 3.27. The second-order valence-corrected chi connectivity index (χ2v) is 7.72. The predicted octanol–water partition coefficient (Wildman–Crippen LogP) is 4.15. The van der Waals surface area contributed by atoms with E-state index in [1.165, 1.54) is 11.8 Å². The van der Waals surface area contributed by atoms with Gasteiger partial charge in [-0.15, -0.1) is 0 Å². The van der Waals surface area contributed by atoms with Crippen molar-refractivity contribution < 1.29 is 19.0 Å². The standard InChI is InChI=1S/C23H22N4O4S/c1-29-17-6-4-15(5-7-17)20-13-21-23(24-8-9-27(21)26-20)32-14-22(28)25-16-10-18(30-2)12-19(11-16)31-3/h4-13H,14H2,1-3H3,(H,25,28). The number of ether oxygens (including phenoxy) is 3. The molecule has 0 atom stereocenters. The molecule has 32 heavy (non-hydrogen) atoms. The number of carbonyl (C=O) groups is 1. The second kappa shape index (κ2) is 9.61. The van der Waals surface area contributed by atoms with Crippen molar-refractivity contribution in [1.29, 1.82) is 0 Å². The fourth-order valence-corrected chi connectivity index (χ4v) is 3.90. The molecule has 1 amide bonds. The highest BCUT2D eigenvalue weighted by Gasteiger charge is 2.12. The maximum atomic E-state index is 12.5. The number of hydrogen-bond donors (Lipinski definition) is 1. The van der Waals surface area contributed by atoms with Crippen LogP contribution in [-0.2, 0) is 4.79 Å². The second-order valence-electron chi connectivity index (χ2n) is 6.76. The molecule has 0 saturated heterocycles. The van der Waals surface area contributed by atoms with Gasteiger partial charge in [0.15, 0.2) is 0 Å². The van der Waals surface area contributed by atoms with Crippen molar-refractivity contribution in [1.82, 2.24) is 14.6 Å². The van der Waals surface area contributed by atoms with Crippen LogP contribution in [0, 0.1) is 0 Å². The van der Waals surface area contributed by atoms with Crippen LogP contribution >= 0.6 is 11.8 Å². The van der Waals surface area contributed by atoms with Gasteiger partial charge in [-0.2, -0.15) is 5.10 Å². The molecule has 0 aliphatic rings. The molecule has 2 aromatic carbocycles. The molecule has 1 N–H and O–H groups in total. The number of aromatic nitrogens is 3. The number of benzene rings is 2. The summed E-state index contributed by atoms with van der Waals surface area (Å²) in [6, 6.07) is 14.9. The molecule has 0 unspecified atom stereocenters. The number of nitrogens with zero attached hydrogens (tertiary/aromatic N) is 3. The highest BCUT2D eigenvalue weighted by atomic mass is 32.2. The lowest BCUT2D eigenvalue weighted by molar-refractivity contribution is -0.113. The molecule has 0 bridgehead atoms. The van der Waals surface area contributed by atoms with E-state index in [9.17, 15) is 4.79 Å². The maximum absolute atomic E-state index is 12.5. The molecule has 2 aromatic heterocycles. The van der Waals surface area contributed by atoms with E-state index < -0.39 is 0 Å². The minimum absolute atomic E-state index is 0.163. The van der Waals surface area contributed by atoms with Crippen molar-refractivity contribution in [3.05, 3.63) is 60.9 Å². The molecule has 4 aromatic rings. The van der Waals surface area contributed by atoms with Gasteiger partial charge in [0, 0.05) is 41.8 Å². The fraction of sp³-hybridized carbons (Fsp3) is 0.174. The van der Waals surface area contributed by atoms with Gasteiger partial charge in [-0.05, 0) is 30.3 Å². The summed E-state index contributed by atoms with van der Waals surface area (Å²) in [5.74, 6) is 2.02. The number of anilines is 1. The van der Waals surface area contributed by atoms with Crippen LogP contribution in [0.2, 0.25) is 0 Å². The summed E-state index contributed by atoms with van der Waals surface area (Å²) in [5.41, 5.74) is 3.22. The smallest absolute Gasteiger partial charge is 0.234 e. The number of methoxy groups -OCH3 is 3. The summed E-state index contributed by atoms with van der Waals surface area (Å²) < 4.78 is 17.5. The van der Waals surface area contributed by atoms with E-state index in [1.807, 2.05) is 30.3 Å². The average molecular weight is 451 g/mol. The Morgan fingerprint density at radius 3 is 2.31 bits per heavy atom. The Balaban J connectivity index is 1.48. The van der Waals surface area contributed by atoms with E-state index in [0.29, 0.717) is 17.2 Å². The summed E-state index contributed by atoms with van der Waals surface area (Å²) in [6.07, 6.45) is 3.46. The van der Waals surface area contributed by atoms with Crippen LogP contribution in [0.1, 0.15) is 0 Å². The van der Waals surface area contributed by atoms with Gasteiger partial charge in [0.25, 0.3) is 0 Å². The monoisotopic (exact) mass is 450 g/mol. The highest BCUT2D eigenvalue weighted by Crippen LogP contribution is 2.28. The molecule has 9 heteroatoms. The van der Waals surface area contributed by atoms with E-state index in [-0.39, 0.29) is 11.7 Å². The Bertz CT molecular complexity index is 1220. The van der Waals surface area contributed by atoms with Gasteiger partial charge in [-0.3, -0.25) is 4.79 Å². The van der Waals surface area contributed by atoms with E-state index in [2.05, 4.69) is 15.4 Å². The molecule has 0 spiro atoms. The van der Waals surface area contributed by atoms with Crippen LogP contribution in [-0.4, -0.2) is 47.6 Å². The van der Waals surface area contributed by atoms with Gasteiger partial charge in [-0.25, -0.2) is 9.50 Å². The fourth-order valence-electron chi connectivity index (χ4n) is 3.12. The van der Waals surface area contributed by atoms with Crippen LogP contribution in [0.25, 0.3) is 16.8 Å². The van der Waals surface area contributed by atoms with Gasteiger partial charge in [0.1, 0.15) is 22.3 Å². The van der Waals surface area contributed by atoms with E-state index in [1.54, 1.807) is 56.4 Å². The Kier molecular flexibility index (Phi) is 6.46. The molecule has 0 aliphatic carbocycles. The lowest BCUT2D eigenvalue weighted by atomic mass is 10.1.